The topological polar surface area (TPSA) is 170 Å². The van der Waals surface area contributed by atoms with Crippen LogP contribution >= 0.6 is 7.82 Å². The number of aliphatic hydroxyl groups excluding tert-OH is 1. The number of nitrogens with one attached hydrogen (secondary N) is 1. The zero-order valence-corrected chi connectivity index (χ0v) is 13.8. The third-order valence-electron chi connectivity index (χ3n) is 4.76. The smallest absolute Gasteiger partial charge is 0.388 e. The van der Waals surface area contributed by atoms with Gasteiger partial charge < -0.3 is 34.7 Å². The van der Waals surface area contributed by atoms with Gasteiger partial charge in [0.1, 0.15) is 6.10 Å². The number of phosphoric ester groups is 1. The van der Waals surface area contributed by atoms with Crippen molar-refractivity contribution in [3.63, 3.8) is 0 Å². The molecular formula is C12H18N5O7P. The lowest BCUT2D eigenvalue weighted by Crippen LogP contribution is -2.79. The Labute approximate surface area is 142 Å². The second-order valence-corrected chi connectivity index (χ2v) is 7.51. The highest BCUT2D eigenvalue weighted by atomic mass is 31.2. The summed E-state index contributed by atoms with van der Waals surface area (Å²) >= 11 is 0. The van der Waals surface area contributed by atoms with E-state index in [0.717, 1.165) is 0 Å². The van der Waals surface area contributed by atoms with Gasteiger partial charge in [0.25, 0.3) is 5.91 Å². The van der Waals surface area contributed by atoms with Crippen molar-refractivity contribution in [1.29, 1.82) is 0 Å². The van der Waals surface area contributed by atoms with Crippen molar-refractivity contribution in [1.82, 2.24) is 15.1 Å². The molecule has 1 spiro atoms. The molecule has 0 radical (unpaired) electrons. The SMILES string of the molecule is NC1NC(=O)C2N=CN([C@@H]3O[C@H](COP(=O)(O)O)C[C@H]3O)C23C=CN13. The van der Waals surface area contributed by atoms with Crippen LogP contribution in [-0.4, -0.2) is 80.0 Å². The number of nitrogens with two attached hydrogens (primary N) is 1. The fourth-order valence-corrected chi connectivity index (χ4v) is 4.02. The van der Waals surface area contributed by atoms with Crippen LogP contribution in [0.2, 0.25) is 0 Å². The Balaban J connectivity index is 1.53. The average molecular weight is 375 g/mol. The van der Waals surface area contributed by atoms with Crippen LogP contribution in [0.4, 0.5) is 0 Å². The van der Waals surface area contributed by atoms with Gasteiger partial charge in [0.05, 0.1) is 19.0 Å². The number of hydrogen-bond acceptors (Lipinski definition) is 9. The van der Waals surface area contributed by atoms with E-state index in [4.69, 9.17) is 20.3 Å². The van der Waals surface area contributed by atoms with Gasteiger partial charge in [-0.05, 0) is 6.08 Å². The summed E-state index contributed by atoms with van der Waals surface area (Å²) in [5, 5.41) is 13.0. The van der Waals surface area contributed by atoms with Gasteiger partial charge >= 0.3 is 7.82 Å². The molecule has 0 aromatic carbocycles. The number of hydrogen-bond donors (Lipinski definition) is 5. The maximum atomic E-state index is 12.2. The number of aliphatic imine (C=N–C) groups is 1. The first kappa shape index (κ1) is 16.9. The monoisotopic (exact) mass is 375 g/mol. The van der Waals surface area contributed by atoms with E-state index in [1.807, 2.05) is 0 Å². The molecule has 0 aromatic heterocycles. The summed E-state index contributed by atoms with van der Waals surface area (Å²) in [6, 6.07) is -0.751. The largest absolute Gasteiger partial charge is 0.469 e. The lowest BCUT2D eigenvalue weighted by Gasteiger charge is -2.58. The van der Waals surface area contributed by atoms with Crippen molar-refractivity contribution in [2.45, 2.75) is 42.9 Å². The fourth-order valence-electron chi connectivity index (χ4n) is 3.65. The predicted molar refractivity (Wildman–Crippen MR) is 81.2 cm³/mol. The van der Waals surface area contributed by atoms with Gasteiger partial charge in [-0.15, -0.1) is 0 Å². The summed E-state index contributed by atoms with van der Waals surface area (Å²) in [4.78, 5) is 37.3. The molecule has 25 heavy (non-hydrogen) atoms. The third kappa shape index (κ3) is 2.49. The first-order chi connectivity index (χ1) is 11.7. The van der Waals surface area contributed by atoms with Crippen molar-refractivity contribution >= 4 is 20.1 Å². The number of amides is 1. The van der Waals surface area contributed by atoms with Gasteiger partial charge in [0, 0.05) is 12.6 Å². The fraction of sp³-hybridized carbons (Fsp3) is 0.667. The number of rotatable bonds is 4. The molecule has 0 saturated carbocycles. The molecular weight excluding hydrogens is 357 g/mol. The number of ether oxygens (including phenoxy) is 1. The zero-order valence-electron chi connectivity index (χ0n) is 12.9. The summed E-state index contributed by atoms with van der Waals surface area (Å²) < 4.78 is 21.0. The Hall–Kier alpha value is -1.53. The maximum Gasteiger partial charge on any atom is 0.469 e. The minimum absolute atomic E-state index is 0.123. The van der Waals surface area contributed by atoms with E-state index in [-0.39, 0.29) is 18.9 Å². The summed E-state index contributed by atoms with van der Waals surface area (Å²) in [7, 11) is -4.63. The Morgan fingerprint density at radius 1 is 1.52 bits per heavy atom. The molecule has 4 aliphatic heterocycles. The van der Waals surface area contributed by atoms with Crippen LogP contribution in [-0.2, 0) is 18.6 Å². The molecule has 6 atom stereocenters. The second-order valence-electron chi connectivity index (χ2n) is 6.27. The second kappa shape index (κ2) is 5.48. The van der Waals surface area contributed by atoms with E-state index >= 15 is 0 Å². The summed E-state index contributed by atoms with van der Waals surface area (Å²) in [6.07, 6.45) is 1.78. The first-order valence-electron chi connectivity index (χ1n) is 7.61. The molecule has 4 heterocycles. The normalized spacial score (nSPS) is 42.2. The van der Waals surface area contributed by atoms with Gasteiger partial charge in [-0.25, -0.2) is 4.57 Å². The number of carbonyl (C=O) groups is 1. The Morgan fingerprint density at radius 3 is 2.92 bits per heavy atom. The van der Waals surface area contributed by atoms with Crippen LogP contribution in [0, 0.1) is 0 Å². The van der Waals surface area contributed by atoms with Crippen molar-refractivity contribution in [3.8, 4) is 0 Å². The van der Waals surface area contributed by atoms with Gasteiger partial charge in [0.2, 0.25) is 0 Å². The lowest BCUT2D eigenvalue weighted by molar-refractivity contribution is -0.161. The molecule has 4 aliphatic rings. The highest BCUT2D eigenvalue weighted by Crippen LogP contribution is 2.45. The van der Waals surface area contributed by atoms with Crippen molar-refractivity contribution in [2.75, 3.05) is 6.61 Å². The molecule has 138 valence electrons. The van der Waals surface area contributed by atoms with Gasteiger partial charge in [-0.2, -0.15) is 0 Å². The molecule has 4 rings (SSSR count). The molecule has 6 N–H and O–H groups in total. The number of carbonyl (C=O) groups excluding carboxylic acids is 1. The highest BCUT2D eigenvalue weighted by molar-refractivity contribution is 7.46. The molecule has 3 unspecified atom stereocenters. The van der Waals surface area contributed by atoms with Crippen molar-refractivity contribution in [3.05, 3.63) is 12.3 Å². The highest BCUT2D eigenvalue weighted by Gasteiger charge is 2.63. The van der Waals surface area contributed by atoms with Crippen LogP contribution < -0.4 is 11.1 Å². The van der Waals surface area contributed by atoms with Gasteiger partial charge in [0.15, 0.2) is 24.2 Å². The molecule has 2 saturated heterocycles. The third-order valence-corrected chi connectivity index (χ3v) is 5.24. The van der Waals surface area contributed by atoms with Crippen LogP contribution in [0.15, 0.2) is 17.3 Å². The summed E-state index contributed by atoms with van der Waals surface area (Å²) in [6.45, 7) is -0.362. The molecule has 0 aromatic rings. The van der Waals surface area contributed by atoms with Crippen LogP contribution in [0.5, 0.6) is 0 Å². The van der Waals surface area contributed by atoms with Crippen LogP contribution in [0.25, 0.3) is 0 Å². The molecule has 12 nitrogen and oxygen atoms in total. The van der Waals surface area contributed by atoms with Crippen LogP contribution in [0.3, 0.4) is 0 Å². The molecule has 13 heteroatoms. The van der Waals surface area contributed by atoms with E-state index in [9.17, 15) is 14.5 Å². The molecule has 2 fully saturated rings. The van der Waals surface area contributed by atoms with E-state index in [1.54, 1.807) is 22.1 Å². The van der Waals surface area contributed by atoms with E-state index in [1.165, 1.54) is 6.34 Å². The van der Waals surface area contributed by atoms with E-state index in [2.05, 4.69) is 14.8 Å². The van der Waals surface area contributed by atoms with Gasteiger partial charge in [-0.3, -0.25) is 20.0 Å². The molecule has 0 bridgehead atoms. The van der Waals surface area contributed by atoms with Crippen molar-refractivity contribution < 1.29 is 33.5 Å². The minimum Gasteiger partial charge on any atom is -0.388 e. The summed E-state index contributed by atoms with van der Waals surface area (Å²) in [5.41, 5.74) is 4.98. The summed E-state index contributed by atoms with van der Waals surface area (Å²) in [5.74, 6) is -0.333. The van der Waals surface area contributed by atoms with Crippen LogP contribution in [0.1, 0.15) is 6.42 Å². The quantitative estimate of drug-likeness (QED) is 0.323. The van der Waals surface area contributed by atoms with E-state index in [0.29, 0.717) is 0 Å². The average Bonchev–Trinajstić information content (AvgIpc) is 3.03. The zero-order chi connectivity index (χ0) is 18.0. The Bertz CT molecular complexity index is 697. The number of aliphatic hydroxyl groups is 1. The van der Waals surface area contributed by atoms with Gasteiger partial charge in [-0.1, -0.05) is 0 Å². The Morgan fingerprint density at radius 2 is 2.28 bits per heavy atom. The minimum atomic E-state index is -4.63. The number of phosphoric acid groups is 1. The predicted octanol–water partition coefficient (Wildman–Crippen LogP) is -2.82. The Kier molecular flexibility index (Phi) is 3.71. The maximum absolute atomic E-state index is 12.2. The standard InChI is InChI=1S/C12H18N5O7P/c13-11-15-9(19)8-12(1-2-16(11)12)17(5-14-8)10-7(18)3-6(24-10)4-23-25(20,21)22/h1-2,5-8,10-11,18H,3-4,13H2,(H,15,19)(H2,20,21,22)/t6-,7+,8?,10+,11?,12?/m0/s1. The molecule has 1 amide bonds. The number of nitrogens with zero attached hydrogens (tertiary/aromatic N) is 3. The van der Waals surface area contributed by atoms with E-state index < -0.39 is 44.3 Å². The lowest BCUT2D eigenvalue weighted by atomic mass is 9.89. The first-order valence-corrected chi connectivity index (χ1v) is 9.14. The molecule has 0 aliphatic carbocycles. The van der Waals surface area contributed by atoms with Crippen molar-refractivity contribution in [2.24, 2.45) is 10.7 Å².